The van der Waals surface area contributed by atoms with Gasteiger partial charge in [0.05, 0.1) is 23.0 Å². The number of nitrogens with one attached hydrogen (secondary N) is 1. The van der Waals surface area contributed by atoms with Gasteiger partial charge in [0.1, 0.15) is 4.83 Å². The van der Waals surface area contributed by atoms with Gasteiger partial charge in [-0.15, -0.1) is 11.3 Å². The van der Waals surface area contributed by atoms with E-state index < -0.39 is 17.6 Å². The van der Waals surface area contributed by atoms with E-state index in [1.165, 1.54) is 27.9 Å². The standard InChI is InChI=1S/C22H23F3N4O2S/c1-28(2)13-7-8-16(15(11-13)22(23,24)25)27-18(30)9-10-29-12-26-20-19(21(29)31)14-5-3-4-6-17(14)32-20/h7-8,11-12H,3-6,9-10H2,1-2H3,(H,27,30). The van der Waals surface area contributed by atoms with Gasteiger partial charge in [0.15, 0.2) is 0 Å². The Morgan fingerprint density at radius 2 is 2.00 bits per heavy atom. The average molecular weight is 465 g/mol. The molecule has 0 radical (unpaired) electrons. The van der Waals surface area contributed by atoms with Crippen molar-refractivity contribution in [3.8, 4) is 0 Å². The second kappa shape index (κ2) is 8.57. The molecule has 2 heterocycles. The maximum Gasteiger partial charge on any atom is 0.418 e. The number of hydrogen-bond acceptors (Lipinski definition) is 5. The van der Waals surface area contributed by atoms with Gasteiger partial charge in [-0.3, -0.25) is 14.2 Å². The maximum absolute atomic E-state index is 13.5. The van der Waals surface area contributed by atoms with Crippen LogP contribution in [0.2, 0.25) is 0 Å². The van der Waals surface area contributed by atoms with Gasteiger partial charge in [0.2, 0.25) is 5.91 Å². The van der Waals surface area contributed by atoms with Gasteiger partial charge in [0.25, 0.3) is 5.56 Å². The zero-order chi connectivity index (χ0) is 23.0. The summed E-state index contributed by atoms with van der Waals surface area (Å²) in [6, 6.07) is 3.75. The first-order chi connectivity index (χ1) is 15.1. The summed E-state index contributed by atoms with van der Waals surface area (Å²) < 4.78 is 41.8. The third-order valence-electron chi connectivity index (χ3n) is 5.62. The molecule has 3 aromatic rings. The highest BCUT2D eigenvalue weighted by Crippen LogP contribution is 2.37. The molecule has 1 amide bonds. The molecule has 2 aromatic heterocycles. The minimum atomic E-state index is -4.61. The Bertz CT molecular complexity index is 1230. The van der Waals surface area contributed by atoms with Gasteiger partial charge in [-0.2, -0.15) is 13.2 Å². The van der Waals surface area contributed by atoms with Crippen molar-refractivity contribution >= 4 is 38.8 Å². The third-order valence-corrected chi connectivity index (χ3v) is 6.82. The van der Waals surface area contributed by atoms with Crippen molar-refractivity contribution in [3.05, 3.63) is 50.9 Å². The van der Waals surface area contributed by atoms with Crippen LogP contribution >= 0.6 is 11.3 Å². The Labute approximate surface area is 186 Å². The highest BCUT2D eigenvalue weighted by atomic mass is 32.1. The third kappa shape index (κ3) is 4.36. The van der Waals surface area contributed by atoms with E-state index in [9.17, 15) is 22.8 Å². The first-order valence-corrected chi connectivity index (χ1v) is 11.1. The number of nitrogens with zero attached hydrogens (tertiary/aromatic N) is 3. The second-order valence-corrected chi connectivity index (χ2v) is 9.14. The topological polar surface area (TPSA) is 67.2 Å². The predicted molar refractivity (Wildman–Crippen MR) is 120 cm³/mol. The van der Waals surface area contributed by atoms with Gasteiger partial charge in [-0.25, -0.2) is 4.98 Å². The fourth-order valence-corrected chi connectivity index (χ4v) is 5.15. The van der Waals surface area contributed by atoms with Gasteiger partial charge >= 0.3 is 6.18 Å². The quantitative estimate of drug-likeness (QED) is 0.606. The molecule has 0 spiro atoms. The van der Waals surface area contributed by atoms with E-state index in [2.05, 4.69) is 10.3 Å². The number of benzene rings is 1. The van der Waals surface area contributed by atoms with Crippen LogP contribution in [0, 0.1) is 0 Å². The number of hydrogen-bond donors (Lipinski definition) is 1. The molecular formula is C22H23F3N4O2S. The van der Waals surface area contributed by atoms with Crippen LogP contribution in [0.5, 0.6) is 0 Å². The Hall–Kier alpha value is -2.88. The van der Waals surface area contributed by atoms with E-state index in [0.717, 1.165) is 37.3 Å². The number of thiophene rings is 1. The van der Waals surface area contributed by atoms with Crippen LogP contribution in [-0.2, 0) is 30.4 Å². The summed E-state index contributed by atoms with van der Waals surface area (Å²) >= 11 is 1.54. The van der Waals surface area contributed by atoms with Crippen LogP contribution < -0.4 is 15.8 Å². The zero-order valence-electron chi connectivity index (χ0n) is 17.8. The van der Waals surface area contributed by atoms with Crippen LogP contribution in [0.4, 0.5) is 24.5 Å². The van der Waals surface area contributed by atoms with Crippen molar-refractivity contribution in [1.82, 2.24) is 9.55 Å². The summed E-state index contributed by atoms with van der Waals surface area (Å²) in [5.74, 6) is -0.604. The summed E-state index contributed by atoms with van der Waals surface area (Å²) in [4.78, 5) is 33.2. The number of fused-ring (bicyclic) bond motifs is 3. The Morgan fingerprint density at radius 3 is 2.72 bits per heavy atom. The normalized spacial score (nSPS) is 13.8. The van der Waals surface area contributed by atoms with Crippen molar-refractivity contribution in [2.45, 2.75) is 44.8 Å². The molecule has 4 rings (SSSR count). The van der Waals surface area contributed by atoms with Crippen molar-refractivity contribution in [3.63, 3.8) is 0 Å². The number of aryl methyl sites for hydroxylation is 3. The summed E-state index contributed by atoms with van der Waals surface area (Å²) in [6.45, 7) is 0.0371. The fourth-order valence-electron chi connectivity index (χ4n) is 3.93. The minimum Gasteiger partial charge on any atom is -0.378 e. The molecule has 0 unspecified atom stereocenters. The van der Waals surface area contributed by atoms with E-state index in [4.69, 9.17) is 0 Å². The highest BCUT2D eigenvalue weighted by Gasteiger charge is 2.34. The number of carbonyl (C=O) groups excluding carboxylic acids is 1. The first-order valence-electron chi connectivity index (χ1n) is 10.3. The molecule has 0 bridgehead atoms. The van der Waals surface area contributed by atoms with E-state index in [1.807, 2.05) is 0 Å². The van der Waals surface area contributed by atoms with Crippen LogP contribution in [0.15, 0.2) is 29.3 Å². The van der Waals surface area contributed by atoms with Gasteiger partial charge in [-0.05, 0) is 49.4 Å². The molecule has 0 saturated carbocycles. The lowest BCUT2D eigenvalue weighted by molar-refractivity contribution is -0.136. The number of anilines is 2. The molecule has 0 atom stereocenters. The molecule has 1 N–H and O–H groups in total. The molecule has 10 heteroatoms. The number of aromatic nitrogens is 2. The second-order valence-electron chi connectivity index (χ2n) is 8.05. The molecule has 0 saturated heterocycles. The highest BCUT2D eigenvalue weighted by molar-refractivity contribution is 7.18. The Balaban J connectivity index is 1.52. The van der Waals surface area contributed by atoms with Crippen LogP contribution in [-0.4, -0.2) is 29.6 Å². The molecule has 0 aliphatic heterocycles. The number of carbonyl (C=O) groups is 1. The summed E-state index contributed by atoms with van der Waals surface area (Å²) in [5, 5.41) is 2.96. The first kappa shape index (κ1) is 22.3. The molecule has 1 aliphatic carbocycles. The van der Waals surface area contributed by atoms with Crippen molar-refractivity contribution in [2.75, 3.05) is 24.3 Å². The SMILES string of the molecule is CN(C)c1ccc(NC(=O)CCn2cnc3sc4c(c3c2=O)CCCC4)c(C(F)(F)F)c1. The Kier molecular flexibility index (Phi) is 5.98. The fraction of sp³-hybridized carbons (Fsp3) is 0.409. The molecule has 6 nitrogen and oxygen atoms in total. The van der Waals surface area contributed by atoms with E-state index in [1.54, 1.807) is 30.3 Å². The molecular weight excluding hydrogens is 441 g/mol. The van der Waals surface area contributed by atoms with E-state index in [0.29, 0.717) is 15.9 Å². The Morgan fingerprint density at radius 1 is 1.25 bits per heavy atom. The van der Waals surface area contributed by atoms with Crippen molar-refractivity contribution < 1.29 is 18.0 Å². The molecule has 170 valence electrons. The lowest BCUT2D eigenvalue weighted by Crippen LogP contribution is -2.24. The summed E-state index contributed by atoms with van der Waals surface area (Å²) in [6.07, 6.45) is 0.581. The van der Waals surface area contributed by atoms with E-state index in [-0.39, 0.29) is 24.2 Å². The summed E-state index contributed by atoms with van der Waals surface area (Å²) in [5.41, 5.74) is 0.0142. The zero-order valence-corrected chi connectivity index (χ0v) is 18.6. The molecule has 1 aliphatic rings. The van der Waals surface area contributed by atoms with Gasteiger partial charge < -0.3 is 10.2 Å². The molecule has 0 fully saturated rings. The number of halogens is 3. The predicted octanol–water partition coefficient (Wildman–Crippen LogP) is 4.45. The van der Waals surface area contributed by atoms with Crippen molar-refractivity contribution in [1.29, 1.82) is 0 Å². The molecule has 32 heavy (non-hydrogen) atoms. The average Bonchev–Trinajstić information content (AvgIpc) is 3.12. The number of alkyl halides is 3. The lowest BCUT2D eigenvalue weighted by atomic mass is 9.97. The minimum absolute atomic E-state index is 0.0371. The smallest absolute Gasteiger partial charge is 0.378 e. The van der Waals surface area contributed by atoms with E-state index >= 15 is 0 Å². The lowest BCUT2D eigenvalue weighted by Gasteiger charge is -2.18. The number of amides is 1. The number of rotatable bonds is 5. The van der Waals surface area contributed by atoms with Crippen LogP contribution in [0.3, 0.4) is 0 Å². The van der Waals surface area contributed by atoms with Crippen molar-refractivity contribution in [2.24, 2.45) is 0 Å². The molecule has 1 aromatic carbocycles. The van der Waals surface area contributed by atoms with Gasteiger partial charge in [-0.1, -0.05) is 0 Å². The van der Waals surface area contributed by atoms with Gasteiger partial charge in [0, 0.05) is 37.6 Å². The maximum atomic E-state index is 13.5. The largest absolute Gasteiger partial charge is 0.418 e. The summed E-state index contributed by atoms with van der Waals surface area (Å²) in [7, 11) is 3.28. The van der Waals surface area contributed by atoms with Crippen LogP contribution in [0.25, 0.3) is 10.2 Å². The van der Waals surface area contributed by atoms with Crippen LogP contribution in [0.1, 0.15) is 35.3 Å². The monoisotopic (exact) mass is 464 g/mol.